The molecule has 2 aromatic rings. The number of amides is 3. The number of hydrogen-bond donors (Lipinski definition) is 2. The first-order valence-corrected chi connectivity index (χ1v) is 9.21. The summed E-state index contributed by atoms with van der Waals surface area (Å²) >= 11 is 1.40. The van der Waals surface area contributed by atoms with Crippen molar-refractivity contribution >= 4 is 34.1 Å². The fourth-order valence-corrected chi connectivity index (χ4v) is 3.41. The molecular weight excluding hydrogens is 338 g/mol. The monoisotopic (exact) mass is 359 g/mol. The first kappa shape index (κ1) is 17.3. The molecule has 2 heterocycles. The highest BCUT2D eigenvalue weighted by Crippen LogP contribution is 2.22. The molecule has 0 bridgehead atoms. The highest BCUT2D eigenvalue weighted by atomic mass is 32.1. The number of anilines is 2. The maximum Gasteiger partial charge on any atom is 0.321 e. The highest BCUT2D eigenvalue weighted by Gasteiger charge is 2.28. The minimum atomic E-state index is -0.123. The van der Waals surface area contributed by atoms with Crippen LogP contribution in [0.25, 0.3) is 0 Å². The molecule has 2 N–H and O–H groups in total. The molecule has 3 amide bonds. The molecule has 0 atom stereocenters. The van der Waals surface area contributed by atoms with Crippen LogP contribution in [0.15, 0.2) is 30.3 Å². The van der Waals surface area contributed by atoms with Gasteiger partial charge in [0.2, 0.25) is 11.0 Å². The minimum absolute atomic E-state index is 0.0399. The van der Waals surface area contributed by atoms with Crippen molar-refractivity contribution in [1.82, 2.24) is 15.1 Å². The van der Waals surface area contributed by atoms with Crippen LogP contribution >= 0.6 is 11.3 Å². The van der Waals surface area contributed by atoms with E-state index in [1.54, 1.807) is 4.90 Å². The second-order valence-corrected chi connectivity index (χ2v) is 6.96. The van der Waals surface area contributed by atoms with Gasteiger partial charge in [-0.15, -0.1) is 10.2 Å². The van der Waals surface area contributed by atoms with Gasteiger partial charge in [-0.2, -0.15) is 0 Å². The molecule has 3 rings (SSSR count). The van der Waals surface area contributed by atoms with Crippen LogP contribution in [0.3, 0.4) is 0 Å². The zero-order valence-corrected chi connectivity index (χ0v) is 14.9. The molecule has 1 aliphatic rings. The Morgan fingerprint density at radius 1 is 1.16 bits per heavy atom. The zero-order chi connectivity index (χ0) is 17.6. The predicted octanol–water partition coefficient (Wildman–Crippen LogP) is 2.98. The molecule has 1 aromatic heterocycles. The van der Waals surface area contributed by atoms with Crippen molar-refractivity contribution < 1.29 is 9.59 Å². The molecule has 7 nitrogen and oxygen atoms in total. The van der Waals surface area contributed by atoms with Crippen LogP contribution in [0.1, 0.15) is 24.8 Å². The number of carbonyl (C=O) groups is 2. The third-order valence-electron chi connectivity index (χ3n) is 4.18. The van der Waals surface area contributed by atoms with E-state index in [9.17, 15) is 9.59 Å². The Bertz CT molecular complexity index is 726. The summed E-state index contributed by atoms with van der Waals surface area (Å²) in [6, 6.07) is 9.24. The SMILES string of the molecule is CCc1nnc(NC(=O)C2CCN(C(=O)Nc3ccccc3)CC2)s1. The number of piperidine rings is 1. The van der Waals surface area contributed by atoms with Gasteiger partial charge in [-0.1, -0.05) is 36.5 Å². The van der Waals surface area contributed by atoms with Gasteiger partial charge in [0.15, 0.2) is 0 Å². The lowest BCUT2D eigenvalue weighted by Crippen LogP contribution is -2.43. The van der Waals surface area contributed by atoms with E-state index in [1.807, 2.05) is 37.3 Å². The van der Waals surface area contributed by atoms with Crippen LogP contribution in [-0.2, 0) is 11.2 Å². The molecule has 0 unspecified atom stereocenters. The number of aryl methyl sites for hydroxylation is 1. The summed E-state index contributed by atoms with van der Waals surface area (Å²) in [6.07, 6.45) is 2.10. The summed E-state index contributed by atoms with van der Waals surface area (Å²) < 4.78 is 0. The molecule has 0 saturated carbocycles. The fraction of sp³-hybridized carbons (Fsp3) is 0.412. The first-order valence-electron chi connectivity index (χ1n) is 8.40. The average Bonchev–Trinajstić information content (AvgIpc) is 3.10. The predicted molar refractivity (Wildman–Crippen MR) is 97.7 cm³/mol. The molecule has 1 saturated heterocycles. The van der Waals surface area contributed by atoms with Crippen molar-refractivity contribution in [3.63, 3.8) is 0 Å². The lowest BCUT2D eigenvalue weighted by molar-refractivity contribution is -0.121. The number of carbonyl (C=O) groups excluding carboxylic acids is 2. The van der Waals surface area contributed by atoms with Crippen molar-refractivity contribution in [3.05, 3.63) is 35.3 Å². The lowest BCUT2D eigenvalue weighted by Gasteiger charge is -2.31. The minimum Gasteiger partial charge on any atom is -0.324 e. The van der Waals surface area contributed by atoms with Gasteiger partial charge in [0.25, 0.3) is 0 Å². The molecule has 132 valence electrons. The Hall–Kier alpha value is -2.48. The summed E-state index contributed by atoms with van der Waals surface area (Å²) in [7, 11) is 0. The molecule has 1 aliphatic heterocycles. The van der Waals surface area contributed by atoms with Gasteiger partial charge in [0.1, 0.15) is 5.01 Å². The van der Waals surface area contributed by atoms with E-state index < -0.39 is 0 Å². The quantitative estimate of drug-likeness (QED) is 0.878. The standard InChI is InChI=1S/C17H21N5O2S/c1-2-14-20-21-16(25-14)19-15(23)12-8-10-22(11-9-12)17(24)18-13-6-4-3-5-7-13/h3-7,12H,2,8-11H2,1H3,(H,18,24)(H,19,21,23). The van der Waals surface area contributed by atoms with Crippen molar-refractivity contribution in [2.75, 3.05) is 23.7 Å². The van der Waals surface area contributed by atoms with Crippen LogP contribution in [0.4, 0.5) is 15.6 Å². The number of rotatable bonds is 4. The number of urea groups is 1. The van der Waals surface area contributed by atoms with E-state index in [4.69, 9.17) is 0 Å². The number of para-hydroxylation sites is 1. The van der Waals surface area contributed by atoms with Crippen LogP contribution in [0.5, 0.6) is 0 Å². The molecular formula is C17H21N5O2S. The van der Waals surface area contributed by atoms with Crippen LogP contribution in [0.2, 0.25) is 0 Å². The Kier molecular flexibility index (Phi) is 5.60. The maximum absolute atomic E-state index is 12.3. The normalized spacial score (nSPS) is 15.0. The molecule has 8 heteroatoms. The molecule has 1 aromatic carbocycles. The van der Waals surface area contributed by atoms with Gasteiger partial charge in [-0.3, -0.25) is 4.79 Å². The van der Waals surface area contributed by atoms with Gasteiger partial charge in [0.05, 0.1) is 0 Å². The van der Waals surface area contributed by atoms with Crippen molar-refractivity contribution in [1.29, 1.82) is 0 Å². The molecule has 25 heavy (non-hydrogen) atoms. The fourth-order valence-electron chi connectivity index (χ4n) is 2.72. The van der Waals surface area contributed by atoms with E-state index in [0.717, 1.165) is 17.1 Å². The maximum atomic E-state index is 12.3. The van der Waals surface area contributed by atoms with Crippen LogP contribution in [0, 0.1) is 5.92 Å². The Morgan fingerprint density at radius 3 is 2.52 bits per heavy atom. The Labute approximate surface area is 150 Å². The largest absolute Gasteiger partial charge is 0.324 e. The summed E-state index contributed by atoms with van der Waals surface area (Å²) in [4.78, 5) is 26.4. The van der Waals surface area contributed by atoms with Gasteiger partial charge in [-0.05, 0) is 31.4 Å². The van der Waals surface area contributed by atoms with Crippen molar-refractivity contribution in [2.24, 2.45) is 5.92 Å². The summed E-state index contributed by atoms with van der Waals surface area (Å²) in [5, 5.41) is 15.1. The average molecular weight is 359 g/mol. The number of hydrogen-bond acceptors (Lipinski definition) is 5. The second kappa shape index (κ2) is 8.06. The van der Waals surface area contributed by atoms with E-state index in [2.05, 4.69) is 20.8 Å². The second-order valence-electron chi connectivity index (χ2n) is 5.90. The Morgan fingerprint density at radius 2 is 1.88 bits per heavy atom. The van der Waals surface area contributed by atoms with Crippen molar-refractivity contribution in [3.8, 4) is 0 Å². The number of nitrogens with zero attached hydrogens (tertiary/aromatic N) is 3. The number of nitrogens with one attached hydrogen (secondary N) is 2. The van der Waals surface area contributed by atoms with Crippen LogP contribution < -0.4 is 10.6 Å². The Balaban J connectivity index is 1.47. The van der Waals surface area contributed by atoms with E-state index in [1.165, 1.54) is 11.3 Å². The highest BCUT2D eigenvalue weighted by molar-refractivity contribution is 7.15. The molecule has 0 aliphatic carbocycles. The number of likely N-dealkylation sites (tertiary alicyclic amines) is 1. The van der Waals surface area contributed by atoms with Gasteiger partial charge < -0.3 is 15.5 Å². The number of aromatic nitrogens is 2. The molecule has 0 spiro atoms. The van der Waals surface area contributed by atoms with E-state index in [-0.39, 0.29) is 17.9 Å². The van der Waals surface area contributed by atoms with Crippen LogP contribution in [-0.4, -0.2) is 40.1 Å². The van der Waals surface area contributed by atoms with Gasteiger partial charge >= 0.3 is 6.03 Å². The first-order chi connectivity index (χ1) is 12.2. The third kappa shape index (κ3) is 4.54. The van der Waals surface area contributed by atoms with Gasteiger partial charge in [0, 0.05) is 24.7 Å². The van der Waals surface area contributed by atoms with Crippen molar-refractivity contribution in [2.45, 2.75) is 26.2 Å². The zero-order valence-electron chi connectivity index (χ0n) is 14.1. The lowest BCUT2D eigenvalue weighted by atomic mass is 9.96. The molecule has 1 fully saturated rings. The number of benzene rings is 1. The molecule has 0 radical (unpaired) electrons. The topological polar surface area (TPSA) is 87.2 Å². The summed E-state index contributed by atoms with van der Waals surface area (Å²) in [5.41, 5.74) is 0.773. The van der Waals surface area contributed by atoms with Gasteiger partial charge in [-0.25, -0.2) is 4.79 Å². The summed E-state index contributed by atoms with van der Waals surface area (Å²) in [5.74, 6) is -0.142. The van der Waals surface area contributed by atoms with E-state index >= 15 is 0 Å². The third-order valence-corrected chi connectivity index (χ3v) is 5.16. The summed E-state index contributed by atoms with van der Waals surface area (Å²) in [6.45, 7) is 3.13. The smallest absolute Gasteiger partial charge is 0.321 e. The van der Waals surface area contributed by atoms with E-state index in [0.29, 0.717) is 31.1 Å².